The largest absolute Gasteiger partial charge is 0.392 e. The molecule has 0 aliphatic heterocycles. The van der Waals surface area contributed by atoms with E-state index in [1.165, 1.54) is 25.7 Å². The minimum absolute atomic E-state index is 0.191. The Balaban J connectivity index is 2.41. The number of aliphatic hydroxyl groups excluding tert-OH is 1. The molecule has 1 fully saturated rings. The molecule has 1 heteroatoms. The van der Waals surface area contributed by atoms with Crippen LogP contribution in [0.2, 0.25) is 0 Å². The van der Waals surface area contributed by atoms with Gasteiger partial charge in [0.2, 0.25) is 0 Å². The summed E-state index contributed by atoms with van der Waals surface area (Å²) in [6.07, 6.45) is 9.35. The quantitative estimate of drug-likeness (QED) is 0.629. The second kappa shape index (κ2) is 4.08. The first kappa shape index (κ1) is 9.79. The van der Waals surface area contributed by atoms with Gasteiger partial charge in [-0.25, -0.2) is 0 Å². The van der Waals surface area contributed by atoms with E-state index in [2.05, 4.69) is 19.9 Å². The first-order chi connectivity index (χ1) is 5.64. The normalized spacial score (nSPS) is 29.4. The average molecular weight is 168 g/mol. The molecule has 12 heavy (non-hydrogen) atoms. The van der Waals surface area contributed by atoms with Crippen LogP contribution in [0.1, 0.15) is 39.5 Å². The van der Waals surface area contributed by atoms with Gasteiger partial charge in [0.25, 0.3) is 0 Å². The van der Waals surface area contributed by atoms with Crippen LogP contribution in [0.3, 0.4) is 0 Å². The maximum Gasteiger partial charge on any atom is 0.0612 e. The van der Waals surface area contributed by atoms with E-state index >= 15 is 0 Å². The fourth-order valence-electron chi connectivity index (χ4n) is 2.17. The van der Waals surface area contributed by atoms with Gasteiger partial charge in [-0.05, 0) is 30.6 Å². The summed E-state index contributed by atoms with van der Waals surface area (Å²) in [5.41, 5.74) is 0.517. The van der Waals surface area contributed by atoms with E-state index in [0.717, 1.165) is 0 Å². The number of hydrogen-bond acceptors (Lipinski definition) is 1. The molecule has 1 saturated carbocycles. The fraction of sp³-hybridized carbons (Fsp3) is 0.818. The van der Waals surface area contributed by atoms with Crippen molar-refractivity contribution in [1.29, 1.82) is 0 Å². The first-order valence-corrected chi connectivity index (χ1v) is 4.91. The highest BCUT2D eigenvalue weighted by molar-refractivity contribution is 4.93. The molecule has 0 bridgehead atoms. The molecule has 1 aliphatic rings. The van der Waals surface area contributed by atoms with Crippen LogP contribution in [0.15, 0.2) is 12.2 Å². The van der Waals surface area contributed by atoms with Gasteiger partial charge in [0.1, 0.15) is 0 Å². The maximum absolute atomic E-state index is 8.64. The Labute approximate surface area is 75.5 Å². The van der Waals surface area contributed by atoms with Gasteiger partial charge < -0.3 is 5.11 Å². The lowest BCUT2D eigenvalue weighted by Crippen LogP contribution is -2.21. The Morgan fingerprint density at radius 2 is 2.25 bits per heavy atom. The zero-order valence-electron chi connectivity index (χ0n) is 8.21. The SMILES string of the molecule is CC1(C)CCCC(/C=C/CO)C1. The molecule has 0 aromatic carbocycles. The summed E-state index contributed by atoms with van der Waals surface area (Å²) in [7, 11) is 0. The van der Waals surface area contributed by atoms with Crippen LogP contribution in [0.5, 0.6) is 0 Å². The van der Waals surface area contributed by atoms with Gasteiger partial charge in [0.15, 0.2) is 0 Å². The van der Waals surface area contributed by atoms with E-state index in [1.807, 2.05) is 6.08 Å². The van der Waals surface area contributed by atoms with Crippen LogP contribution in [0, 0.1) is 11.3 Å². The molecule has 0 amide bonds. The highest BCUT2D eigenvalue weighted by Crippen LogP contribution is 2.38. The summed E-state index contributed by atoms with van der Waals surface area (Å²) < 4.78 is 0. The molecule has 0 aromatic rings. The Morgan fingerprint density at radius 1 is 1.50 bits per heavy atom. The number of aliphatic hydroxyl groups is 1. The van der Waals surface area contributed by atoms with Gasteiger partial charge in [-0.3, -0.25) is 0 Å². The lowest BCUT2D eigenvalue weighted by Gasteiger charge is -2.33. The van der Waals surface area contributed by atoms with E-state index in [4.69, 9.17) is 5.11 Å². The predicted molar refractivity (Wildman–Crippen MR) is 52.0 cm³/mol. The van der Waals surface area contributed by atoms with E-state index < -0.39 is 0 Å². The molecule has 0 radical (unpaired) electrons. The maximum atomic E-state index is 8.64. The third kappa shape index (κ3) is 2.98. The molecule has 1 rings (SSSR count). The topological polar surface area (TPSA) is 20.2 Å². The van der Waals surface area contributed by atoms with Crippen molar-refractivity contribution in [3.63, 3.8) is 0 Å². The van der Waals surface area contributed by atoms with Gasteiger partial charge in [0, 0.05) is 0 Å². The third-order valence-corrected chi connectivity index (χ3v) is 2.76. The standard InChI is InChI=1S/C11H20O/c1-11(2)7-3-5-10(9-11)6-4-8-12/h4,6,10,12H,3,5,7-9H2,1-2H3/b6-4+. The molecule has 0 saturated heterocycles. The highest BCUT2D eigenvalue weighted by Gasteiger charge is 2.26. The summed E-state index contributed by atoms with van der Waals surface area (Å²) in [5.74, 6) is 0.709. The monoisotopic (exact) mass is 168 g/mol. The molecule has 1 unspecified atom stereocenters. The molecular weight excluding hydrogens is 148 g/mol. The smallest absolute Gasteiger partial charge is 0.0612 e. The second-order valence-electron chi connectivity index (χ2n) is 4.63. The number of hydrogen-bond donors (Lipinski definition) is 1. The highest BCUT2D eigenvalue weighted by atomic mass is 16.2. The lowest BCUT2D eigenvalue weighted by atomic mass is 9.72. The van der Waals surface area contributed by atoms with Crippen LogP contribution in [0.25, 0.3) is 0 Å². The van der Waals surface area contributed by atoms with Crippen LogP contribution < -0.4 is 0 Å². The van der Waals surface area contributed by atoms with E-state index in [1.54, 1.807) is 0 Å². The molecule has 0 spiro atoms. The first-order valence-electron chi connectivity index (χ1n) is 4.91. The van der Waals surface area contributed by atoms with Crippen LogP contribution >= 0.6 is 0 Å². The van der Waals surface area contributed by atoms with Crippen molar-refractivity contribution >= 4 is 0 Å². The Bertz CT molecular complexity index is 158. The second-order valence-corrected chi connectivity index (χ2v) is 4.63. The van der Waals surface area contributed by atoms with E-state index in [-0.39, 0.29) is 6.61 Å². The van der Waals surface area contributed by atoms with Gasteiger partial charge in [-0.15, -0.1) is 0 Å². The minimum atomic E-state index is 0.191. The Kier molecular flexibility index (Phi) is 3.33. The molecule has 1 atom stereocenters. The van der Waals surface area contributed by atoms with Crippen molar-refractivity contribution in [3.8, 4) is 0 Å². The van der Waals surface area contributed by atoms with Gasteiger partial charge in [0.05, 0.1) is 6.61 Å². The Morgan fingerprint density at radius 3 is 2.83 bits per heavy atom. The van der Waals surface area contributed by atoms with Crippen molar-refractivity contribution in [2.75, 3.05) is 6.61 Å². The summed E-state index contributed by atoms with van der Waals surface area (Å²) in [4.78, 5) is 0. The molecular formula is C11H20O. The molecule has 0 heterocycles. The minimum Gasteiger partial charge on any atom is -0.392 e. The Hall–Kier alpha value is -0.300. The molecule has 1 nitrogen and oxygen atoms in total. The van der Waals surface area contributed by atoms with Crippen molar-refractivity contribution in [1.82, 2.24) is 0 Å². The van der Waals surface area contributed by atoms with E-state index in [0.29, 0.717) is 11.3 Å². The van der Waals surface area contributed by atoms with E-state index in [9.17, 15) is 0 Å². The van der Waals surface area contributed by atoms with Gasteiger partial charge in [-0.1, -0.05) is 32.4 Å². The molecule has 1 aliphatic carbocycles. The van der Waals surface area contributed by atoms with Crippen LogP contribution in [0.4, 0.5) is 0 Å². The summed E-state index contributed by atoms with van der Waals surface area (Å²) in [6.45, 7) is 4.87. The average Bonchev–Trinajstić information content (AvgIpc) is 1.99. The molecule has 1 N–H and O–H groups in total. The lowest BCUT2D eigenvalue weighted by molar-refractivity contribution is 0.205. The number of rotatable bonds is 2. The fourth-order valence-corrected chi connectivity index (χ4v) is 2.17. The van der Waals surface area contributed by atoms with Gasteiger partial charge >= 0.3 is 0 Å². The van der Waals surface area contributed by atoms with Gasteiger partial charge in [-0.2, -0.15) is 0 Å². The zero-order chi connectivity index (χ0) is 9.03. The van der Waals surface area contributed by atoms with Crippen molar-refractivity contribution in [3.05, 3.63) is 12.2 Å². The predicted octanol–water partition coefficient (Wildman–Crippen LogP) is 2.75. The summed E-state index contributed by atoms with van der Waals surface area (Å²) >= 11 is 0. The van der Waals surface area contributed by atoms with Crippen LogP contribution in [-0.2, 0) is 0 Å². The zero-order valence-corrected chi connectivity index (χ0v) is 8.21. The van der Waals surface area contributed by atoms with Crippen molar-refractivity contribution in [2.45, 2.75) is 39.5 Å². The third-order valence-electron chi connectivity index (χ3n) is 2.76. The molecule has 70 valence electrons. The summed E-state index contributed by atoms with van der Waals surface area (Å²) in [5, 5.41) is 8.64. The van der Waals surface area contributed by atoms with Crippen molar-refractivity contribution < 1.29 is 5.11 Å². The molecule has 0 aromatic heterocycles. The van der Waals surface area contributed by atoms with Crippen molar-refractivity contribution in [2.24, 2.45) is 11.3 Å². The number of allylic oxidation sites excluding steroid dienone is 1. The summed E-state index contributed by atoms with van der Waals surface area (Å²) in [6, 6.07) is 0. The van der Waals surface area contributed by atoms with Crippen LogP contribution in [-0.4, -0.2) is 11.7 Å².